The van der Waals surface area contributed by atoms with E-state index in [-0.39, 0.29) is 33.1 Å². The predicted octanol–water partition coefficient (Wildman–Crippen LogP) is -0.361. The molecule has 0 radical (unpaired) electrons. The number of carbonyl (C=O) groups is 2. The van der Waals surface area contributed by atoms with Crippen molar-refractivity contribution < 1.29 is 40.1 Å². The Kier molecular flexibility index (Phi) is 9.70. The molecular weight excluding hydrogens is 203 g/mol. The Bertz CT molecular complexity index is 210. The largest absolute Gasteiger partial charge is 1.00 e. The van der Waals surface area contributed by atoms with Gasteiger partial charge in [-0.05, 0) is 12.8 Å². The summed E-state index contributed by atoms with van der Waals surface area (Å²) < 4.78 is 0. The maximum absolute atomic E-state index is 11.1. The first-order valence-corrected chi connectivity index (χ1v) is 5.48. The summed E-state index contributed by atoms with van der Waals surface area (Å²) in [6.07, 6.45) is 3.37. The van der Waals surface area contributed by atoms with E-state index in [1.807, 2.05) is 13.8 Å². The fourth-order valence-corrected chi connectivity index (χ4v) is 1.60. The maximum atomic E-state index is 11.1. The Hall–Kier alpha value is -0.463. The summed E-state index contributed by atoms with van der Waals surface area (Å²) in [5.41, 5.74) is -1.56. The van der Waals surface area contributed by atoms with Crippen molar-refractivity contribution in [2.45, 2.75) is 52.4 Å². The molecule has 0 unspecified atom stereocenters. The zero-order valence-corrected chi connectivity index (χ0v) is 10.5. The van der Waals surface area contributed by atoms with Gasteiger partial charge in [0.25, 0.3) is 0 Å². The van der Waals surface area contributed by atoms with Gasteiger partial charge in [0.2, 0.25) is 0 Å². The Morgan fingerprint density at radius 2 is 1.31 bits per heavy atom. The summed E-state index contributed by atoms with van der Waals surface area (Å²) in [4.78, 5) is 22.2. The summed E-state index contributed by atoms with van der Waals surface area (Å²) in [5.74, 6) is -2.39. The van der Waals surface area contributed by atoms with Crippen LogP contribution in [0.25, 0.3) is 0 Å². The number of aliphatic carboxylic acids is 2. The molecule has 0 heterocycles. The van der Waals surface area contributed by atoms with E-state index in [0.717, 1.165) is 12.8 Å². The molecule has 0 aliphatic heterocycles. The molecule has 0 saturated carbocycles. The molecule has 4 nitrogen and oxygen atoms in total. The van der Waals surface area contributed by atoms with Crippen LogP contribution in [-0.2, 0) is 9.59 Å². The van der Waals surface area contributed by atoms with Crippen LogP contribution in [0.1, 0.15) is 53.8 Å². The second-order valence-electron chi connectivity index (χ2n) is 3.90. The van der Waals surface area contributed by atoms with Crippen LogP contribution in [0.3, 0.4) is 0 Å². The summed E-state index contributed by atoms with van der Waals surface area (Å²) in [6.45, 7) is 3.85. The van der Waals surface area contributed by atoms with Crippen LogP contribution >= 0.6 is 0 Å². The number of unbranched alkanes of at least 4 members (excludes halogenated alkanes) is 2. The third-order valence-electron chi connectivity index (χ3n) is 2.73. The SMILES string of the molecule is CCCCC(CCCC)(C(=O)O)C(=O)O.[H-].[Li+]. The summed E-state index contributed by atoms with van der Waals surface area (Å²) >= 11 is 0. The van der Waals surface area contributed by atoms with E-state index in [9.17, 15) is 9.59 Å². The van der Waals surface area contributed by atoms with E-state index in [2.05, 4.69) is 0 Å². The van der Waals surface area contributed by atoms with Gasteiger partial charge in [0.15, 0.2) is 5.41 Å². The van der Waals surface area contributed by atoms with Gasteiger partial charge < -0.3 is 11.6 Å². The maximum Gasteiger partial charge on any atom is 1.00 e. The fourth-order valence-electron chi connectivity index (χ4n) is 1.60. The average Bonchev–Trinajstić information content (AvgIpc) is 2.17. The zero-order chi connectivity index (χ0) is 11.9. The van der Waals surface area contributed by atoms with Crippen LogP contribution in [0.5, 0.6) is 0 Å². The van der Waals surface area contributed by atoms with E-state index in [1.54, 1.807) is 0 Å². The van der Waals surface area contributed by atoms with Crippen LogP contribution in [0.2, 0.25) is 0 Å². The molecule has 0 amide bonds. The standard InChI is InChI=1S/C11H20O4.Li.H/c1-3-5-7-11(9(12)13,10(14)15)8-6-4-2;;/h3-8H2,1-2H3,(H,12,13)(H,14,15);;/q;+1;-1. The first-order chi connectivity index (χ1) is 7.01. The molecule has 0 aliphatic carbocycles. The molecule has 0 aliphatic rings. The third kappa shape index (κ3) is 4.59. The van der Waals surface area contributed by atoms with Crippen molar-refractivity contribution in [1.82, 2.24) is 0 Å². The molecular formula is C11H21LiO4. The van der Waals surface area contributed by atoms with Crippen molar-refractivity contribution in [3.63, 3.8) is 0 Å². The summed E-state index contributed by atoms with van der Waals surface area (Å²) in [5, 5.41) is 18.1. The van der Waals surface area contributed by atoms with Gasteiger partial charge in [-0.2, -0.15) is 0 Å². The molecule has 5 heteroatoms. The van der Waals surface area contributed by atoms with Gasteiger partial charge in [-0.1, -0.05) is 39.5 Å². The van der Waals surface area contributed by atoms with Gasteiger partial charge in [0.05, 0.1) is 0 Å². The second kappa shape index (κ2) is 8.66. The van der Waals surface area contributed by atoms with E-state index in [0.29, 0.717) is 12.8 Å². The number of carboxylic acids is 2. The van der Waals surface area contributed by atoms with Crippen LogP contribution in [0.15, 0.2) is 0 Å². The van der Waals surface area contributed by atoms with Crippen molar-refractivity contribution in [2.24, 2.45) is 5.41 Å². The molecule has 16 heavy (non-hydrogen) atoms. The zero-order valence-electron chi connectivity index (χ0n) is 11.5. The molecule has 0 aromatic heterocycles. The Balaban J connectivity index is -0.000000980. The fraction of sp³-hybridized carbons (Fsp3) is 0.818. The van der Waals surface area contributed by atoms with Gasteiger partial charge in [0.1, 0.15) is 0 Å². The van der Waals surface area contributed by atoms with Crippen molar-refractivity contribution in [1.29, 1.82) is 0 Å². The first-order valence-electron chi connectivity index (χ1n) is 5.48. The molecule has 0 fully saturated rings. The Labute approximate surface area is 110 Å². The van der Waals surface area contributed by atoms with E-state index in [4.69, 9.17) is 10.2 Å². The van der Waals surface area contributed by atoms with Crippen LogP contribution < -0.4 is 18.9 Å². The molecule has 0 saturated heterocycles. The van der Waals surface area contributed by atoms with Crippen molar-refractivity contribution in [3.05, 3.63) is 0 Å². The van der Waals surface area contributed by atoms with Gasteiger partial charge in [-0.3, -0.25) is 9.59 Å². The summed E-state index contributed by atoms with van der Waals surface area (Å²) in [6, 6.07) is 0. The minimum absolute atomic E-state index is 0. The molecule has 0 rings (SSSR count). The van der Waals surface area contributed by atoms with Gasteiger partial charge in [0, 0.05) is 0 Å². The predicted molar refractivity (Wildman–Crippen MR) is 57.9 cm³/mol. The van der Waals surface area contributed by atoms with Crippen LogP contribution in [0.4, 0.5) is 0 Å². The molecule has 0 aromatic rings. The molecule has 0 spiro atoms. The van der Waals surface area contributed by atoms with E-state index < -0.39 is 17.4 Å². The average molecular weight is 224 g/mol. The van der Waals surface area contributed by atoms with Crippen molar-refractivity contribution >= 4 is 11.9 Å². The second-order valence-corrected chi connectivity index (χ2v) is 3.90. The molecule has 2 N–H and O–H groups in total. The van der Waals surface area contributed by atoms with Gasteiger partial charge in [-0.25, -0.2) is 0 Å². The van der Waals surface area contributed by atoms with Crippen molar-refractivity contribution in [3.8, 4) is 0 Å². The Morgan fingerprint density at radius 1 is 1.00 bits per heavy atom. The normalized spacial score (nSPS) is 10.6. The van der Waals surface area contributed by atoms with E-state index in [1.165, 1.54) is 0 Å². The first kappa shape index (κ1) is 17.9. The smallest absolute Gasteiger partial charge is 1.00 e. The van der Waals surface area contributed by atoms with Crippen molar-refractivity contribution in [2.75, 3.05) is 0 Å². The molecule has 0 atom stereocenters. The van der Waals surface area contributed by atoms with Gasteiger partial charge >= 0.3 is 30.8 Å². The third-order valence-corrected chi connectivity index (χ3v) is 2.73. The number of hydrogen-bond donors (Lipinski definition) is 2. The minimum atomic E-state index is -1.56. The van der Waals surface area contributed by atoms with Crippen LogP contribution in [0, 0.1) is 5.41 Å². The summed E-state index contributed by atoms with van der Waals surface area (Å²) in [7, 11) is 0. The number of carboxylic acid groups (broad SMARTS) is 2. The monoisotopic (exact) mass is 224 g/mol. The minimum Gasteiger partial charge on any atom is -1.00 e. The Morgan fingerprint density at radius 3 is 1.50 bits per heavy atom. The topological polar surface area (TPSA) is 74.6 Å². The molecule has 0 aromatic carbocycles. The molecule has 0 bridgehead atoms. The number of rotatable bonds is 8. The number of hydrogen-bond acceptors (Lipinski definition) is 2. The van der Waals surface area contributed by atoms with Crippen LogP contribution in [-0.4, -0.2) is 22.2 Å². The van der Waals surface area contributed by atoms with E-state index >= 15 is 0 Å². The molecule has 90 valence electrons. The quantitative estimate of drug-likeness (QED) is 0.436. The van der Waals surface area contributed by atoms with Gasteiger partial charge in [-0.15, -0.1) is 0 Å².